The fourth-order valence-electron chi connectivity index (χ4n) is 4.64. The Labute approximate surface area is 237 Å². The summed E-state index contributed by atoms with van der Waals surface area (Å²) in [6, 6.07) is 20.9. The Morgan fingerprint density at radius 2 is 1.83 bits per heavy atom. The highest BCUT2D eigenvalue weighted by Crippen LogP contribution is 2.31. The Morgan fingerprint density at radius 3 is 2.52 bits per heavy atom. The van der Waals surface area contributed by atoms with Gasteiger partial charge in [0.25, 0.3) is 11.7 Å². The molecule has 0 spiro atoms. The summed E-state index contributed by atoms with van der Waals surface area (Å²) in [7, 11) is 0. The number of nitrogens with zero attached hydrogens (tertiary/aromatic N) is 5. The lowest BCUT2D eigenvalue weighted by atomic mass is 9.98. The highest BCUT2D eigenvalue weighted by Gasteiger charge is 2.23. The van der Waals surface area contributed by atoms with E-state index in [4.69, 9.17) is 9.47 Å². The molecule has 6 rings (SSSR count). The van der Waals surface area contributed by atoms with Crippen molar-refractivity contribution < 1.29 is 28.3 Å². The summed E-state index contributed by atoms with van der Waals surface area (Å²) in [6.45, 7) is 3.89. The Bertz CT molecular complexity index is 1950. The van der Waals surface area contributed by atoms with Gasteiger partial charge < -0.3 is 14.7 Å². The van der Waals surface area contributed by atoms with Crippen LogP contribution in [0, 0.1) is 12.1 Å². The number of nitrogens with one attached hydrogen (secondary N) is 1. The summed E-state index contributed by atoms with van der Waals surface area (Å²) in [5.41, 5.74) is 5.26. The second kappa shape index (κ2) is 11.0. The Hall–Kier alpha value is -5.72. The van der Waals surface area contributed by atoms with Crippen LogP contribution in [0.5, 0.6) is 6.01 Å². The molecule has 0 saturated heterocycles. The minimum absolute atomic E-state index is 0.213. The van der Waals surface area contributed by atoms with Gasteiger partial charge in [-0.05, 0) is 40.6 Å². The highest BCUT2D eigenvalue weighted by atomic mass is 16.8. The summed E-state index contributed by atoms with van der Waals surface area (Å²) in [4.78, 5) is 32.2. The number of benzene rings is 3. The average Bonchev–Trinajstić information content (AvgIpc) is 3.69. The molecule has 1 N–H and O–H groups in total. The van der Waals surface area contributed by atoms with Gasteiger partial charge in [0.05, 0.1) is 29.7 Å². The van der Waals surface area contributed by atoms with Gasteiger partial charge in [0.15, 0.2) is 18.1 Å². The Kier molecular flexibility index (Phi) is 6.97. The maximum Gasteiger partial charge on any atom is 0.439 e. The first kappa shape index (κ1) is 26.5. The topological polar surface area (TPSA) is 165 Å². The smallest absolute Gasteiger partial charge is 0.439 e. The lowest BCUT2D eigenvalue weighted by Crippen LogP contribution is -2.26. The number of hydrogen-bond donors (Lipinski definition) is 1. The minimum atomic E-state index is -0.625. The zero-order valence-corrected chi connectivity index (χ0v) is 22.6. The number of ether oxygens (including phenoxy) is 2. The summed E-state index contributed by atoms with van der Waals surface area (Å²) in [6.07, 6.45) is 0. The first-order valence-corrected chi connectivity index (χ1v) is 13.0. The van der Waals surface area contributed by atoms with Gasteiger partial charge in [-0.2, -0.15) is 4.98 Å². The average molecular weight is 569 g/mol. The van der Waals surface area contributed by atoms with Crippen LogP contribution in [0.15, 0.2) is 80.7 Å². The van der Waals surface area contributed by atoms with Crippen LogP contribution in [0.2, 0.25) is 0 Å². The summed E-state index contributed by atoms with van der Waals surface area (Å²) < 4.78 is 22.4. The number of aromatic amines is 1. The highest BCUT2D eigenvalue weighted by molar-refractivity contribution is 6.02. The van der Waals surface area contributed by atoms with E-state index in [0.29, 0.717) is 36.0 Å². The molecule has 0 aliphatic carbocycles. The largest absolute Gasteiger partial charge is 0.465 e. The van der Waals surface area contributed by atoms with Gasteiger partial charge in [-0.25, -0.2) is 9.59 Å². The van der Waals surface area contributed by atoms with Gasteiger partial charge >= 0.3 is 11.7 Å². The predicted molar refractivity (Wildman–Crippen MR) is 147 cm³/mol. The van der Waals surface area contributed by atoms with E-state index < -0.39 is 11.7 Å². The quantitative estimate of drug-likeness (QED) is 0.200. The molecule has 0 aliphatic heterocycles. The lowest BCUT2D eigenvalue weighted by Gasteiger charge is -2.12. The molecule has 0 aliphatic rings. The van der Waals surface area contributed by atoms with Gasteiger partial charge in [0.1, 0.15) is 0 Å². The zero-order chi connectivity index (χ0) is 29.2. The van der Waals surface area contributed by atoms with Crippen molar-refractivity contribution in [3.63, 3.8) is 0 Å². The number of carbonyl (C=O) groups excluding carboxylic acids is 1. The van der Waals surface area contributed by atoms with Crippen molar-refractivity contribution in [1.82, 2.24) is 24.8 Å². The molecule has 13 heteroatoms. The van der Waals surface area contributed by atoms with Crippen molar-refractivity contribution in [1.29, 1.82) is 0 Å². The normalized spacial score (nSPS) is 11.2. The molecule has 0 amide bonds. The van der Waals surface area contributed by atoms with E-state index in [1.54, 1.807) is 18.2 Å². The molecule has 0 unspecified atom stereocenters. The molecule has 42 heavy (non-hydrogen) atoms. The maximum atomic E-state index is 13.2. The van der Waals surface area contributed by atoms with E-state index in [1.807, 2.05) is 60.0 Å². The minimum Gasteiger partial charge on any atom is -0.465 e. The number of H-pyrrole nitrogens is 1. The zero-order valence-electron chi connectivity index (χ0n) is 22.6. The maximum absolute atomic E-state index is 13.2. The summed E-state index contributed by atoms with van der Waals surface area (Å²) in [5.74, 6) is -0.890. The molecular formula is C29H24N6O7. The molecule has 0 fully saturated rings. The number of aromatic nitrogens is 6. The van der Waals surface area contributed by atoms with E-state index >= 15 is 0 Å². The number of carbonyl (C=O) groups is 1. The van der Waals surface area contributed by atoms with Crippen LogP contribution in [-0.2, 0) is 17.9 Å². The van der Waals surface area contributed by atoms with Crippen LogP contribution in [0.25, 0.3) is 33.5 Å². The molecule has 212 valence electrons. The fraction of sp³-hybridized carbons (Fsp3) is 0.172. The second-order valence-corrected chi connectivity index (χ2v) is 9.31. The van der Waals surface area contributed by atoms with Crippen LogP contribution in [0.3, 0.4) is 0 Å². The van der Waals surface area contributed by atoms with Gasteiger partial charge in [0.2, 0.25) is 0 Å². The van der Waals surface area contributed by atoms with Crippen molar-refractivity contribution in [2.45, 2.75) is 27.0 Å². The first-order chi connectivity index (χ1) is 20.4. The van der Waals surface area contributed by atoms with Gasteiger partial charge in [-0.1, -0.05) is 59.8 Å². The van der Waals surface area contributed by atoms with E-state index in [1.165, 1.54) is 6.92 Å². The van der Waals surface area contributed by atoms with E-state index in [9.17, 15) is 14.8 Å². The second-order valence-electron chi connectivity index (χ2n) is 9.31. The van der Waals surface area contributed by atoms with Gasteiger partial charge in [0, 0.05) is 17.6 Å². The third-order valence-corrected chi connectivity index (χ3v) is 6.71. The molecule has 3 aromatic heterocycles. The molecule has 0 saturated carbocycles. The SMILES string of the molecule is CCOc1nc2cccc(C(=O)OCc3no[n+]([O-])c3C)c2n1Cc1ccc(-c2ccccc2-c2noc(=O)[nH]2)cc1. The van der Waals surface area contributed by atoms with Crippen molar-refractivity contribution in [3.8, 4) is 28.5 Å². The molecule has 0 atom stereocenters. The van der Waals surface area contributed by atoms with Crippen LogP contribution in [0.1, 0.15) is 34.2 Å². The third kappa shape index (κ3) is 4.98. The molecule has 3 heterocycles. The molecule has 13 nitrogen and oxygen atoms in total. The predicted octanol–water partition coefficient (Wildman–Crippen LogP) is 3.78. The molecule has 6 aromatic rings. The molecule has 0 radical (unpaired) electrons. The van der Waals surface area contributed by atoms with Crippen molar-refractivity contribution >= 4 is 17.0 Å². The fourth-order valence-corrected chi connectivity index (χ4v) is 4.64. The van der Waals surface area contributed by atoms with Crippen molar-refractivity contribution in [3.05, 3.63) is 105 Å². The monoisotopic (exact) mass is 568 g/mol. The van der Waals surface area contributed by atoms with Crippen LogP contribution < -0.4 is 15.4 Å². The third-order valence-electron chi connectivity index (χ3n) is 6.71. The van der Waals surface area contributed by atoms with E-state index in [-0.39, 0.29) is 28.5 Å². The van der Waals surface area contributed by atoms with E-state index in [0.717, 1.165) is 22.3 Å². The first-order valence-electron chi connectivity index (χ1n) is 13.0. The van der Waals surface area contributed by atoms with Crippen LogP contribution >= 0.6 is 0 Å². The lowest BCUT2D eigenvalue weighted by molar-refractivity contribution is -0.806. The van der Waals surface area contributed by atoms with Crippen molar-refractivity contribution in [2.24, 2.45) is 0 Å². The number of fused-ring (bicyclic) bond motifs is 1. The number of para-hydroxylation sites is 1. The number of imidazole rings is 1. The number of esters is 1. The molecule has 0 bridgehead atoms. The standard InChI is InChI=1S/C29H24N6O7/c1-3-39-28-30-23-10-6-9-22(27(36)40-16-24-17(2)35(38)42-32-24)25(23)34(28)15-18-11-13-19(14-12-18)20-7-4-5-8-21(20)26-31-29(37)41-33-26/h4-14H,3,15-16H2,1-2H3,(H,31,33,37). The number of rotatable bonds is 9. The van der Waals surface area contributed by atoms with Crippen molar-refractivity contribution in [2.75, 3.05) is 6.61 Å². The van der Waals surface area contributed by atoms with E-state index in [2.05, 4.69) is 29.4 Å². The van der Waals surface area contributed by atoms with Crippen LogP contribution in [-0.4, -0.2) is 37.4 Å². The molecular weight excluding hydrogens is 544 g/mol. The van der Waals surface area contributed by atoms with Gasteiger partial charge in [-0.3, -0.25) is 18.7 Å². The van der Waals surface area contributed by atoms with Gasteiger partial charge in [-0.15, -0.1) is 0 Å². The summed E-state index contributed by atoms with van der Waals surface area (Å²) in [5, 5.41) is 19.0. The Morgan fingerprint density at radius 1 is 1.05 bits per heavy atom. The molecule has 3 aromatic carbocycles. The Balaban J connectivity index is 1.31. The number of hydrogen-bond acceptors (Lipinski definition) is 10. The van der Waals surface area contributed by atoms with Crippen LogP contribution in [0.4, 0.5) is 0 Å². The summed E-state index contributed by atoms with van der Waals surface area (Å²) >= 11 is 0.